The summed E-state index contributed by atoms with van der Waals surface area (Å²) in [5.74, 6) is -0.609. The second-order valence-electron chi connectivity index (χ2n) is 5.21. The van der Waals surface area contributed by atoms with E-state index in [9.17, 15) is 13.8 Å². The minimum atomic E-state index is -1.04. The molecule has 0 aliphatic heterocycles. The van der Waals surface area contributed by atoms with E-state index in [-0.39, 0.29) is 17.0 Å². The summed E-state index contributed by atoms with van der Waals surface area (Å²) in [4.78, 5) is 24.3. The van der Waals surface area contributed by atoms with Gasteiger partial charge in [-0.25, -0.2) is 4.79 Å². The fourth-order valence-electron chi connectivity index (χ4n) is 1.95. The first-order chi connectivity index (χ1) is 9.68. The number of esters is 1. The van der Waals surface area contributed by atoms with E-state index < -0.39 is 22.3 Å². The molecule has 0 aliphatic rings. The summed E-state index contributed by atoms with van der Waals surface area (Å²) in [5.41, 5.74) is -0.140. The van der Waals surface area contributed by atoms with Crippen molar-refractivity contribution in [1.82, 2.24) is 5.32 Å². The van der Waals surface area contributed by atoms with Crippen LogP contribution in [-0.4, -0.2) is 40.7 Å². The summed E-state index contributed by atoms with van der Waals surface area (Å²) in [6.07, 6.45) is 1.58. The standard InChI is InChI=1S/C14H18INO4S/c1-14(2,8-21(4)19)16-12(17)11-9(13(18)20-3)6-5-7-10(11)15/h5-7H,8H2,1-4H3,(H,16,17). The van der Waals surface area contributed by atoms with Gasteiger partial charge in [0.25, 0.3) is 5.91 Å². The number of nitrogens with one attached hydrogen (secondary N) is 1. The van der Waals surface area contributed by atoms with E-state index >= 15 is 0 Å². The van der Waals surface area contributed by atoms with Gasteiger partial charge in [-0.05, 0) is 48.6 Å². The number of methoxy groups -OCH3 is 1. The minimum absolute atomic E-state index is 0.218. The molecule has 0 bridgehead atoms. The van der Waals surface area contributed by atoms with Gasteiger partial charge >= 0.3 is 5.97 Å². The maximum absolute atomic E-state index is 12.5. The van der Waals surface area contributed by atoms with Crippen molar-refractivity contribution in [2.75, 3.05) is 19.1 Å². The molecule has 0 saturated carbocycles. The Morgan fingerprint density at radius 1 is 1.38 bits per heavy atom. The van der Waals surface area contributed by atoms with Gasteiger partial charge in [0.1, 0.15) is 0 Å². The van der Waals surface area contributed by atoms with Gasteiger partial charge < -0.3 is 10.1 Å². The van der Waals surface area contributed by atoms with E-state index in [0.29, 0.717) is 9.32 Å². The highest BCUT2D eigenvalue weighted by Crippen LogP contribution is 2.19. The lowest BCUT2D eigenvalue weighted by Crippen LogP contribution is -2.47. The first-order valence-electron chi connectivity index (χ1n) is 6.17. The van der Waals surface area contributed by atoms with Crippen molar-refractivity contribution in [1.29, 1.82) is 0 Å². The van der Waals surface area contributed by atoms with Crippen LogP contribution in [0.15, 0.2) is 18.2 Å². The Hall–Kier alpha value is -0.960. The van der Waals surface area contributed by atoms with Crippen molar-refractivity contribution in [2.24, 2.45) is 0 Å². The van der Waals surface area contributed by atoms with Crippen molar-refractivity contribution in [2.45, 2.75) is 19.4 Å². The Morgan fingerprint density at radius 3 is 2.52 bits per heavy atom. The van der Waals surface area contributed by atoms with Gasteiger partial charge in [0.15, 0.2) is 0 Å². The van der Waals surface area contributed by atoms with Gasteiger partial charge in [0.2, 0.25) is 0 Å². The summed E-state index contributed by atoms with van der Waals surface area (Å²) in [6, 6.07) is 4.98. The molecule has 1 aromatic rings. The summed E-state index contributed by atoms with van der Waals surface area (Å²) in [6.45, 7) is 3.58. The van der Waals surface area contributed by atoms with Gasteiger partial charge in [0.05, 0.1) is 18.2 Å². The Morgan fingerprint density at radius 2 is 2.00 bits per heavy atom. The second-order valence-corrected chi connectivity index (χ2v) is 7.81. The van der Waals surface area contributed by atoms with E-state index in [0.717, 1.165) is 0 Å². The lowest BCUT2D eigenvalue weighted by Gasteiger charge is -2.25. The predicted octanol–water partition coefficient (Wildman–Crippen LogP) is 1.96. The molecule has 1 rings (SSSR count). The molecule has 0 radical (unpaired) electrons. The van der Waals surface area contributed by atoms with Crippen molar-refractivity contribution in [3.8, 4) is 0 Å². The fourth-order valence-corrected chi connectivity index (χ4v) is 3.78. The molecule has 1 atom stereocenters. The van der Waals surface area contributed by atoms with Gasteiger partial charge in [-0.15, -0.1) is 0 Å². The van der Waals surface area contributed by atoms with Gasteiger partial charge in [-0.3, -0.25) is 9.00 Å². The van der Waals surface area contributed by atoms with Crippen molar-refractivity contribution in [3.05, 3.63) is 32.9 Å². The number of carbonyl (C=O) groups is 2. The molecule has 1 amide bonds. The lowest BCUT2D eigenvalue weighted by molar-refractivity contribution is 0.0595. The summed E-state index contributed by atoms with van der Waals surface area (Å²) in [7, 11) is 0.235. The smallest absolute Gasteiger partial charge is 0.338 e. The van der Waals surface area contributed by atoms with Gasteiger partial charge in [0, 0.05) is 31.9 Å². The minimum Gasteiger partial charge on any atom is -0.465 e. The van der Waals surface area contributed by atoms with Crippen molar-refractivity contribution >= 4 is 45.3 Å². The molecule has 21 heavy (non-hydrogen) atoms. The third-order valence-electron chi connectivity index (χ3n) is 2.66. The Balaban J connectivity index is 3.13. The number of carbonyl (C=O) groups excluding carboxylic acids is 2. The van der Waals surface area contributed by atoms with Crippen molar-refractivity contribution in [3.63, 3.8) is 0 Å². The van der Waals surface area contributed by atoms with E-state index in [2.05, 4.69) is 5.32 Å². The number of ether oxygens (including phenoxy) is 1. The molecule has 1 N–H and O–H groups in total. The van der Waals surface area contributed by atoms with Crippen LogP contribution in [0.5, 0.6) is 0 Å². The van der Waals surface area contributed by atoms with Crippen LogP contribution in [0, 0.1) is 3.57 Å². The second kappa shape index (κ2) is 7.35. The zero-order chi connectivity index (χ0) is 16.2. The Kier molecular flexibility index (Phi) is 6.33. The Bertz CT molecular complexity index is 586. The first kappa shape index (κ1) is 18.1. The number of halogens is 1. The average Bonchev–Trinajstić information content (AvgIpc) is 2.34. The average molecular weight is 423 g/mol. The van der Waals surface area contributed by atoms with Gasteiger partial charge in [-0.2, -0.15) is 0 Å². The normalized spacial score (nSPS) is 12.6. The number of benzene rings is 1. The molecule has 0 heterocycles. The molecule has 7 heteroatoms. The van der Waals surface area contributed by atoms with Crippen LogP contribution in [0.4, 0.5) is 0 Å². The fraction of sp³-hybridized carbons (Fsp3) is 0.429. The highest BCUT2D eigenvalue weighted by Gasteiger charge is 2.27. The molecular formula is C14H18INO4S. The van der Waals surface area contributed by atoms with E-state index in [1.165, 1.54) is 7.11 Å². The number of rotatable bonds is 5. The van der Waals surface area contributed by atoms with Crippen LogP contribution in [0.25, 0.3) is 0 Å². The largest absolute Gasteiger partial charge is 0.465 e. The van der Waals surface area contributed by atoms with E-state index in [1.807, 2.05) is 22.6 Å². The quantitative estimate of drug-likeness (QED) is 0.581. The number of amides is 1. The zero-order valence-electron chi connectivity index (χ0n) is 12.4. The monoisotopic (exact) mass is 423 g/mol. The summed E-state index contributed by atoms with van der Waals surface area (Å²) >= 11 is 2.00. The number of hydrogen-bond donors (Lipinski definition) is 1. The maximum Gasteiger partial charge on any atom is 0.338 e. The molecule has 1 aromatic carbocycles. The van der Waals surface area contributed by atoms with E-state index in [4.69, 9.17) is 4.74 Å². The predicted molar refractivity (Wildman–Crippen MR) is 91.0 cm³/mol. The summed E-state index contributed by atoms with van der Waals surface area (Å²) < 4.78 is 16.7. The molecule has 0 aliphatic carbocycles. The third-order valence-corrected chi connectivity index (χ3v) is 4.69. The van der Waals surface area contributed by atoms with Crippen molar-refractivity contribution < 1.29 is 18.5 Å². The third kappa shape index (κ3) is 5.06. The SMILES string of the molecule is COC(=O)c1cccc(I)c1C(=O)NC(C)(C)CS(C)=O. The molecule has 0 spiro atoms. The van der Waals surface area contributed by atoms with Crippen LogP contribution in [-0.2, 0) is 15.5 Å². The van der Waals surface area contributed by atoms with Crippen LogP contribution < -0.4 is 5.32 Å². The lowest BCUT2D eigenvalue weighted by atomic mass is 10.0. The van der Waals surface area contributed by atoms with Crippen LogP contribution in [0.1, 0.15) is 34.6 Å². The Labute approximate surface area is 140 Å². The maximum atomic E-state index is 12.5. The molecule has 0 fully saturated rings. The molecule has 116 valence electrons. The van der Waals surface area contributed by atoms with Crippen LogP contribution >= 0.6 is 22.6 Å². The van der Waals surface area contributed by atoms with Gasteiger partial charge in [-0.1, -0.05) is 6.07 Å². The molecule has 1 unspecified atom stereocenters. The highest BCUT2D eigenvalue weighted by atomic mass is 127. The van der Waals surface area contributed by atoms with Crippen LogP contribution in [0.2, 0.25) is 0 Å². The number of hydrogen-bond acceptors (Lipinski definition) is 4. The van der Waals surface area contributed by atoms with Crippen LogP contribution in [0.3, 0.4) is 0 Å². The molecule has 5 nitrogen and oxygen atoms in total. The molecule has 0 saturated heterocycles. The zero-order valence-corrected chi connectivity index (χ0v) is 15.3. The summed E-state index contributed by atoms with van der Waals surface area (Å²) in [5, 5.41) is 2.82. The molecule has 0 aromatic heterocycles. The highest BCUT2D eigenvalue weighted by molar-refractivity contribution is 14.1. The van der Waals surface area contributed by atoms with E-state index in [1.54, 1.807) is 38.3 Å². The molecular weight excluding hydrogens is 405 g/mol. The topological polar surface area (TPSA) is 72.5 Å². The first-order valence-corrected chi connectivity index (χ1v) is 8.98.